The molecule has 2 nitrogen and oxygen atoms in total. The van der Waals surface area contributed by atoms with Gasteiger partial charge in [-0.2, -0.15) is 0 Å². The minimum atomic E-state index is 0.272. The zero-order valence-corrected chi connectivity index (χ0v) is 8.55. The number of phenols is 1. The summed E-state index contributed by atoms with van der Waals surface area (Å²) in [6, 6.07) is 15.1. The molecular weight excluding hydrogens is 200 g/mol. The van der Waals surface area contributed by atoms with Crippen LogP contribution in [-0.4, -0.2) is 5.11 Å². The monoisotopic (exact) mass is 210 g/mol. The van der Waals surface area contributed by atoms with Crippen molar-refractivity contribution in [3.8, 4) is 16.9 Å². The molecule has 2 aromatic carbocycles. The van der Waals surface area contributed by atoms with Crippen LogP contribution < -0.4 is 0 Å². The SMILES string of the molecule is Oc1ccccc1-c1coc2ccccc12. The molecule has 0 aliphatic heterocycles. The largest absolute Gasteiger partial charge is 0.507 e. The van der Waals surface area contributed by atoms with E-state index in [-0.39, 0.29) is 5.75 Å². The Hall–Kier alpha value is -2.22. The van der Waals surface area contributed by atoms with E-state index in [1.807, 2.05) is 36.4 Å². The second-order valence-corrected chi connectivity index (χ2v) is 3.66. The summed E-state index contributed by atoms with van der Waals surface area (Å²) < 4.78 is 5.45. The third-order valence-electron chi connectivity index (χ3n) is 2.68. The molecule has 1 aromatic heterocycles. The van der Waals surface area contributed by atoms with Gasteiger partial charge in [-0.3, -0.25) is 0 Å². The van der Waals surface area contributed by atoms with Gasteiger partial charge in [0.25, 0.3) is 0 Å². The van der Waals surface area contributed by atoms with E-state index in [0.29, 0.717) is 0 Å². The fourth-order valence-electron chi connectivity index (χ4n) is 1.89. The predicted octanol–water partition coefficient (Wildman–Crippen LogP) is 3.81. The van der Waals surface area contributed by atoms with Crippen molar-refractivity contribution >= 4 is 11.0 Å². The van der Waals surface area contributed by atoms with Crippen molar-refractivity contribution in [3.05, 3.63) is 54.8 Å². The lowest BCUT2D eigenvalue weighted by Crippen LogP contribution is -1.76. The highest BCUT2D eigenvalue weighted by molar-refractivity contribution is 5.95. The fraction of sp³-hybridized carbons (Fsp3) is 0. The van der Waals surface area contributed by atoms with Gasteiger partial charge in [0, 0.05) is 16.5 Å². The summed E-state index contributed by atoms with van der Waals surface area (Å²) >= 11 is 0. The number of rotatable bonds is 1. The van der Waals surface area contributed by atoms with E-state index in [1.165, 1.54) is 0 Å². The normalized spacial score (nSPS) is 10.8. The topological polar surface area (TPSA) is 33.4 Å². The van der Waals surface area contributed by atoms with E-state index in [2.05, 4.69) is 0 Å². The molecule has 1 heterocycles. The number of phenolic OH excluding ortho intramolecular Hbond substituents is 1. The lowest BCUT2D eigenvalue weighted by atomic mass is 10.0. The number of aromatic hydroxyl groups is 1. The maximum absolute atomic E-state index is 9.80. The summed E-state index contributed by atoms with van der Waals surface area (Å²) in [4.78, 5) is 0. The number of benzene rings is 2. The van der Waals surface area contributed by atoms with E-state index >= 15 is 0 Å². The third-order valence-corrected chi connectivity index (χ3v) is 2.68. The van der Waals surface area contributed by atoms with Crippen molar-refractivity contribution < 1.29 is 9.52 Å². The van der Waals surface area contributed by atoms with E-state index in [4.69, 9.17) is 4.42 Å². The number of furan rings is 1. The molecule has 0 bridgehead atoms. The van der Waals surface area contributed by atoms with Gasteiger partial charge in [0.05, 0.1) is 6.26 Å². The summed E-state index contributed by atoms with van der Waals surface area (Å²) in [6.45, 7) is 0. The Kier molecular flexibility index (Phi) is 1.93. The number of hydrogen-bond donors (Lipinski definition) is 1. The number of fused-ring (bicyclic) bond motifs is 1. The molecule has 0 fully saturated rings. The van der Waals surface area contributed by atoms with Crippen molar-refractivity contribution in [1.29, 1.82) is 0 Å². The molecule has 0 saturated heterocycles. The molecule has 0 aliphatic carbocycles. The molecule has 0 atom stereocenters. The predicted molar refractivity (Wildman–Crippen MR) is 63.3 cm³/mol. The second kappa shape index (κ2) is 3.42. The lowest BCUT2D eigenvalue weighted by molar-refractivity contribution is 0.477. The van der Waals surface area contributed by atoms with Gasteiger partial charge in [-0.15, -0.1) is 0 Å². The highest BCUT2D eigenvalue weighted by Gasteiger charge is 2.09. The Morgan fingerprint density at radius 2 is 1.56 bits per heavy atom. The van der Waals surface area contributed by atoms with E-state index < -0.39 is 0 Å². The summed E-state index contributed by atoms with van der Waals surface area (Å²) in [5, 5.41) is 10.8. The first-order valence-corrected chi connectivity index (χ1v) is 5.11. The first-order chi connectivity index (χ1) is 7.86. The molecule has 78 valence electrons. The molecule has 1 N–H and O–H groups in total. The van der Waals surface area contributed by atoms with Crippen LogP contribution in [0.4, 0.5) is 0 Å². The molecule has 2 heteroatoms. The molecule has 3 rings (SSSR count). The first-order valence-electron chi connectivity index (χ1n) is 5.11. The van der Waals surface area contributed by atoms with Crippen LogP contribution in [-0.2, 0) is 0 Å². The molecule has 0 unspecified atom stereocenters. The van der Waals surface area contributed by atoms with Crippen LogP contribution in [0.5, 0.6) is 5.75 Å². The Labute approximate surface area is 92.8 Å². The standard InChI is InChI=1S/C14H10O2/c15-13-7-3-1-5-10(13)12-9-16-14-8-4-2-6-11(12)14/h1-9,15H. The van der Waals surface area contributed by atoms with Crippen LogP contribution in [0.3, 0.4) is 0 Å². The zero-order chi connectivity index (χ0) is 11.0. The summed E-state index contributed by atoms with van der Waals surface area (Å²) in [6.07, 6.45) is 1.68. The summed E-state index contributed by atoms with van der Waals surface area (Å²) in [7, 11) is 0. The van der Waals surface area contributed by atoms with Crippen LogP contribution in [0, 0.1) is 0 Å². The molecular formula is C14H10O2. The Balaban J connectivity index is 2.31. The number of para-hydroxylation sites is 2. The maximum Gasteiger partial charge on any atom is 0.134 e. The van der Waals surface area contributed by atoms with Gasteiger partial charge in [-0.25, -0.2) is 0 Å². The van der Waals surface area contributed by atoms with Crippen LogP contribution in [0.1, 0.15) is 0 Å². The van der Waals surface area contributed by atoms with Crippen molar-refractivity contribution in [2.45, 2.75) is 0 Å². The Bertz CT molecular complexity index is 638. The van der Waals surface area contributed by atoms with Gasteiger partial charge >= 0.3 is 0 Å². The van der Waals surface area contributed by atoms with Crippen LogP contribution in [0.15, 0.2) is 59.2 Å². The molecule has 0 saturated carbocycles. The second-order valence-electron chi connectivity index (χ2n) is 3.66. The average Bonchev–Trinajstić information content (AvgIpc) is 2.74. The van der Waals surface area contributed by atoms with Gasteiger partial charge in [0.1, 0.15) is 11.3 Å². The summed E-state index contributed by atoms with van der Waals surface area (Å²) in [5.41, 5.74) is 2.56. The molecule has 0 amide bonds. The first kappa shape index (κ1) is 9.04. The lowest BCUT2D eigenvalue weighted by Gasteiger charge is -2.01. The Morgan fingerprint density at radius 1 is 0.812 bits per heavy atom. The van der Waals surface area contributed by atoms with E-state index in [9.17, 15) is 5.11 Å². The zero-order valence-electron chi connectivity index (χ0n) is 8.55. The van der Waals surface area contributed by atoms with Crippen molar-refractivity contribution in [3.63, 3.8) is 0 Å². The van der Waals surface area contributed by atoms with Crippen LogP contribution in [0.25, 0.3) is 22.1 Å². The van der Waals surface area contributed by atoms with E-state index in [1.54, 1.807) is 18.4 Å². The fourth-order valence-corrected chi connectivity index (χ4v) is 1.89. The smallest absolute Gasteiger partial charge is 0.134 e. The molecule has 16 heavy (non-hydrogen) atoms. The quantitative estimate of drug-likeness (QED) is 0.662. The minimum absolute atomic E-state index is 0.272. The molecule has 0 spiro atoms. The molecule has 0 radical (unpaired) electrons. The van der Waals surface area contributed by atoms with Gasteiger partial charge in [-0.1, -0.05) is 36.4 Å². The van der Waals surface area contributed by atoms with Crippen LogP contribution >= 0.6 is 0 Å². The Morgan fingerprint density at radius 3 is 2.44 bits per heavy atom. The third kappa shape index (κ3) is 1.27. The van der Waals surface area contributed by atoms with Gasteiger partial charge in [0.15, 0.2) is 0 Å². The van der Waals surface area contributed by atoms with Gasteiger partial charge in [-0.05, 0) is 12.1 Å². The molecule has 0 aliphatic rings. The number of hydrogen-bond acceptors (Lipinski definition) is 2. The minimum Gasteiger partial charge on any atom is -0.507 e. The van der Waals surface area contributed by atoms with Crippen molar-refractivity contribution in [1.82, 2.24) is 0 Å². The summed E-state index contributed by atoms with van der Waals surface area (Å²) in [5.74, 6) is 0.272. The van der Waals surface area contributed by atoms with Gasteiger partial charge < -0.3 is 9.52 Å². The highest BCUT2D eigenvalue weighted by atomic mass is 16.3. The van der Waals surface area contributed by atoms with E-state index in [0.717, 1.165) is 22.1 Å². The van der Waals surface area contributed by atoms with Crippen molar-refractivity contribution in [2.24, 2.45) is 0 Å². The van der Waals surface area contributed by atoms with Crippen molar-refractivity contribution in [2.75, 3.05) is 0 Å². The highest BCUT2D eigenvalue weighted by Crippen LogP contribution is 2.35. The average molecular weight is 210 g/mol. The molecule has 3 aromatic rings. The van der Waals surface area contributed by atoms with Crippen LogP contribution in [0.2, 0.25) is 0 Å². The maximum atomic E-state index is 9.80. The van der Waals surface area contributed by atoms with Gasteiger partial charge in [0.2, 0.25) is 0 Å².